The number of aromatic hydroxyl groups is 1. The van der Waals surface area contributed by atoms with Crippen LogP contribution in [0.3, 0.4) is 0 Å². The molecular weight excluding hydrogens is 536 g/mol. The van der Waals surface area contributed by atoms with Crippen LogP contribution < -0.4 is 0 Å². The molecule has 0 aliphatic heterocycles. The van der Waals surface area contributed by atoms with Gasteiger partial charge in [0.15, 0.2) is 11.5 Å². The SMILES string of the molecule is O=C(/C(=C\c1ccc(O)c([N+](=O)[O-])c1)SCc1ccc(Br)cc1)c1ccc([N+](=O)[O-])c(Cl)c1. The van der Waals surface area contributed by atoms with Crippen LogP contribution in [0.1, 0.15) is 21.5 Å². The Hall–Kier alpha value is -3.21. The van der Waals surface area contributed by atoms with Crippen molar-refractivity contribution in [3.05, 3.63) is 112 Å². The number of benzene rings is 3. The topological polar surface area (TPSA) is 124 Å². The number of carbonyl (C=O) groups is 1. The number of thioether (sulfide) groups is 1. The molecule has 0 aliphatic carbocycles. The molecule has 0 aromatic heterocycles. The lowest BCUT2D eigenvalue weighted by Crippen LogP contribution is -2.03. The molecule has 33 heavy (non-hydrogen) atoms. The summed E-state index contributed by atoms with van der Waals surface area (Å²) < 4.78 is 0.903. The van der Waals surface area contributed by atoms with E-state index in [-0.39, 0.29) is 21.2 Å². The van der Waals surface area contributed by atoms with Gasteiger partial charge in [-0.05, 0) is 47.5 Å². The fourth-order valence-corrected chi connectivity index (χ4v) is 4.28. The van der Waals surface area contributed by atoms with Gasteiger partial charge in [-0.25, -0.2) is 0 Å². The van der Waals surface area contributed by atoms with Crippen LogP contribution in [0.4, 0.5) is 11.4 Å². The second-order valence-electron chi connectivity index (χ2n) is 6.68. The molecule has 0 heterocycles. The summed E-state index contributed by atoms with van der Waals surface area (Å²) in [5, 5.41) is 31.7. The van der Waals surface area contributed by atoms with Crippen LogP contribution in [0.15, 0.2) is 70.0 Å². The van der Waals surface area contributed by atoms with E-state index in [1.807, 2.05) is 24.3 Å². The molecule has 0 atom stereocenters. The minimum atomic E-state index is -0.723. The largest absolute Gasteiger partial charge is 0.502 e. The Labute approximate surface area is 205 Å². The highest BCUT2D eigenvalue weighted by atomic mass is 79.9. The van der Waals surface area contributed by atoms with Crippen molar-refractivity contribution in [3.8, 4) is 5.75 Å². The number of hydrogen-bond acceptors (Lipinski definition) is 7. The minimum absolute atomic E-state index is 0.133. The fraction of sp³-hybridized carbons (Fsp3) is 0.0455. The summed E-state index contributed by atoms with van der Waals surface area (Å²) in [6.45, 7) is 0. The maximum atomic E-state index is 13.2. The van der Waals surface area contributed by atoms with Crippen molar-refractivity contribution in [2.75, 3.05) is 0 Å². The van der Waals surface area contributed by atoms with Crippen molar-refractivity contribution in [3.63, 3.8) is 0 Å². The highest BCUT2D eigenvalue weighted by Gasteiger charge is 2.20. The van der Waals surface area contributed by atoms with Gasteiger partial charge in [-0.2, -0.15) is 0 Å². The Kier molecular flexibility index (Phi) is 7.85. The van der Waals surface area contributed by atoms with E-state index < -0.39 is 27.1 Å². The Morgan fingerprint density at radius 1 is 1.00 bits per heavy atom. The molecule has 0 amide bonds. The van der Waals surface area contributed by atoms with Gasteiger partial charge in [0.2, 0.25) is 0 Å². The third kappa shape index (κ3) is 6.19. The van der Waals surface area contributed by atoms with Crippen molar-refractivity contribution >= 4 is 62.5 Å². The molecule has 3 aromatic carbocycles. The maximum absolute atomic E-state index is 13.2. The lowest BCUT2D eigenvalue weighted by Gasteiger charge is -2.09. The van der Waals surface area contributed by atoms with Gasteiger partial charge in [0.25, 0.3) is 5.69 Å². The second-order valence-corrected chi connectivity index (χ2v) is 9.02. The van der Waals surface area contributed by atoms with Gasteiger partial charge in [0, 0.05) is 27.9 Å². The second kappa shape index (κ2) is 10.6. The van der Waals surface area contributed by atoms with Crippen molar-refractivity contribution in [1.29, 1.82) is 0 Å². The Bertz CT molecular complexity index is 1280. The molecule has 0 saturated heterocycles. The van der Waals surface area contributed by atoms with E-state index >= 15 is 0 Å². The Balaban J connectivity index is 2.00. The van der Waals surface area contributed by atoms with Crippen LogP contribution in [0.2, 0.25) is 5.02 Å². The highest BCUT2D eigenvalue weighted by Crippen LogP contribution is 2.33. The Morgan fingerprint density at radius 3 is 2.27 bits per heavy atom. The van der Waals surface area contributed by atoms with Gasteiger partial charge in [-0.3, -0.25) is 25.0 Å². The summed E-state index contributed by atoms with van der Waals surface area (Å²) in [4.78, 5) is 34.3. The summed E-state index contributed by atoms with van der Waals surface area (Å²) in [7, 11) is 0. The van der Waals surface area contributed by atoms with Crippen LogP contribution in [0, 0.1) is 20.2 Å². The summed E-state index contributed by atoms with van der Waals surface area (Å²) in [5.74, 6) is -0.523. The molecule has 8 nitrogen and oxygen atoms in total. The lowest BCUT2D eigenvalue weighted by molar-refractivity contribution is -0.385. The number of ketones is 1. The molecule has 0 aliphatic rings. The zero-order valence-corrected chi connectivity index (χ0v) is 19.8. The summed E-state index contributed by atoms with van der Waals surface area (Å²) in [5.41, 5.74) is 0.579. The van der Waals surface area contributed by atoms with Crippen LogP contribution in [-0.2, 0) is 5.75 Å². The highest BCUT2D eigenvalue weighted by molar-refractivity contribution is 9.10. The van der Waals surface area contributed by atoms with E-state index in [4.69, 9.17) is 11.6 Å². The van der Waals surface area contributed by atoms with E-state index in [2.05, 4.69) is 15.9 Å². The quantitative estimate of drug-likeness (QED) is 0.142. The zero-order valence-electron chi connectivity index (χ0n) is 16.6. The number of carbonyl (C=O) groups excluding carboxylic acids is 1. The maximum Gasteiger partial charge on any atom is 0.311 e. The van der Waals surface area contributed by atoms with Crippen molar-refractivity contribution in [1.82, 2.24) is 0 Å². The molecule has 0 saturated carbocycles. The number of phenols is 1. The first-order valence-corrected chi connectivity index (χ1v) is 11.4. The fourth-order valence-electron chi connectivity index (χ4n) is 2.78. The van der Waals surface area contributed by atoms with Gasteiger partial charge >= 0.3 is 5.69 Å². The van der Waals surface area contributed by atoms with E-state index in [1.165, 1.54) is 42.1 Å². The molecule has 0 fully saturated rings. The predicted octanol–water partition coefficient (Wildman–Crippen LogP) is 6.78. The number of allylic oxidation sites excluding steroid dienone is 1. The standard InChI is InChI=1S/C22H14BrClN2O6S/c23-16-5-1-13(2-6-16)12-33-21(10-14-3-8-20(27)19(9-14)26(31)32)22(28)15-4-7-18(25(29)30)17(24)11-15/h1-11,27H,12H2/b21-10+. The number of hydrogen-bond donors (Lipinski definition) is 1. The number of nitro benzene ring substituents is 2. The molecule has 0 spiro atoms. The first-order valence-electron chi connectivity index (χ1n) is 9.20. The molecule has 11 heteroatoms. The predicted molar refractivity (Wildman–Crippen MR) is 131 cm³/mol. The van der Waals surface area contributed by atoms with Crippen LogP contribution in [-0.4, -0.2) is 20.7 Å². The van der Waals surface area contributed by atoms with E-state index in [0.717, 1.165) is 22.2 Å². The summed E-state index contributed by atoms with van der Waals surface area (Å²) in [6.07, 6.45) is 1.47. The number of halogens is 2. The van der Waals surface area contributed by atoms with Crippen LogP contribution in [0.5, 0.6) is 5.75 Å². The van der Waals surface area contributed by atoms with E-state index in [0.29, 0.717) is 11.3 Å². The number of nitrogens with zero attached hydrogens (tertiary/aromatic N) is 2. The summed E-state index contributed by atoms with van der Waals surface area (Å²) >= 11 is 10.5. The van der Waals surface area contributed by atoms with Crippen LogP contribution >= 0.6 is 39.3 Å². The van der Waals surface area contributed by atoms with Gasteiger partial charge < -0.3 is 5.11 Å². The van der Waals surface area contributed by atoms with Crippen LogP contribution in [0.25, 0.3) is 6.08 Å². The minimum Gasteiger partial charge on any atom is -0.502 e. The zero-order chi connectivity index (χ0) is 24.1. The average Bonchev–Trinajstić information content (AvgIpc) is 2.77. The van der Waals surface area contributed by atoms with E-state index in [1.54, 1.807) is 0 Å². The smallest absolute Gasteiger partial charge is 0.311 e. The van der Waals surface area contributed by atoms with Gasteiger partial charge in [0.05, 0.1) is 14.8 Å². The number of nitro groups is 2. The normalized spacial score (nSPS) is 11.3. The molecule has 0 bridgehead atoms. The molecule has 1 N–H and O–H groups in total. The molecule has 0 unspecified atom stereocenters. The van der Waals surface area contributed by atoms with Gasteiger partial charge in [0.1, 0.15) is 5.02 Å². The monoisotopic (exact) mass is 548 g/mol. The molecule has 0 radical (unpaired) electrons. The first kappa shape index (κ1) is 24.4. The van der Waals surface area contributed by atoms with Gasteiger partial charge in [-0.1, -0.05) is 45.7 Å². The first-order chi connectivity index (χ1) is 15.7. The number of rotatable bonds is 8. The number of phenolic OH excluding ortho intramolecular Hbond substituents is 1. The number of Topliss-reactive ketones (excluding diaryl/α,β-unsaturated/α-hetero) is 1. The Morgan fingerprint density at radius 2 is 1.67 bits per heavy atom. The summed E-state index contributed by atoms with van der Waals surface area (Å²) in [6, 6.07) is 14.9. The molecular formula is C22H14BrClN2O6S. The van der Waals surface area contributed by atoms with Crippen molar-refractivity contribution in [2.45, 2.75) is 5.75 Å². The lowest BCUT2D eigenvalue weighted by atomic mass is 10.1. The van der Waals surface area contributed by atoms with E-state index in [9.17, 15) is 30.1 Å². The average molecular weight is 550 g/mol. The molecule has 3 aromatic rings. The molecule has 168 valence electrons. The van der Waals surface area contributed by atoms with Crippen molar-refractivity contribution in [2.24, 2.45) is 0 Å². The van der Waals surface area contributed by atoms with Gasteiger partial charge in [-0.15, -0.1) is 11.8 Å². The van der Waals surface area contributed by atoms with Crippen molar-refractivity contribution < 1.29 is 19.7 Å². The third-order valence-corrected chi connectivity index (χ3v) is 6.36. The third-order valence-electron chi connectivity index (χ3n) is 4.43. The molecule has 3 rings (SSSR count).